The van der Waals surface area contributed by atoms with Crippen LogP contribution in [0.5, 0.6) is 5.75 Å². The standard InChI is InChI=1S/C12H8ClNO2S/c1-6-4-5-17-12(6)10-7-2-3-8(15)9(13)11(7)16-14-10/h2-5,15H,1H3. The molecular formula is C12H8ClNO2S. The molecule has 3 nitrogen and oxygen atoms in total. The number of aromatic nitrogens is 1. The second kappa shape index (κ2) is 3.75. The van der Waals surface area contributed by atoms with Gasteiger partial charge in [-0.15, -0.1) is 11.3 Å². The molecule has 0 aliphatic heterocycles. The summed E-state index contributed by atoms with van der Waals surface area (Å²) >= 11 is 7.56. The molecular weight excluding hydrogens is 258 g/mol. The van der Waals surface area contributed by atoms with Crippen molar-refractivity contribution in [2.75, 3.05) is 0 Å². The number of phenolic OH excluding ortho intramolecular Hbond substituents is 1. The normalized spacial score (nSPS) is 11.2. The predicted molar refractivity (Wildman–Crippen MR) is 68.7 cm³/mol. The molecule has 86 valence electrons. The van der Waals surface area contributed by atoms with Crippen LogP contribution in [0.4, 0.5) is 0 Å². The molecule has 2 heterocycles. The molecule has 3 rings (SSSR count). The SMILES string of the molecule is Cc1ccsc1-c1noc2c(Cl)c(O)ccc12. The first-order chi connectivity index (χ1) is 8.18. The Labute approximate surface area is 106 Å². The third kappa shape index (κ3) is 1.52. The summed E-state index contributed by atoms with van der Waals surface area (Å²) in [5.74, 6) is 0.00441. The lowest BCUT2D eigenvalue weighted by Crippen LogP contribution is -1.76. The van der Waals surface area contributed by atoms with E-state index >= 15 is 0 Å². The second-order valence-electron chi connectivity index (χ2n) is 3.74. The van der Waals surface area contributed by atoms with Crippen LogP contribution < -0.4 is 0 Å². The Bertz CT molecular complexity index is 702. The molecule has 0 fully saturated rings. The molecule has 1 N–H and O–H groups in total. The fraction of sp³-hybridized carbons (Fsp3) is 0.0833. The van der Waals surface area contributed by atoms with Crippen molar-refractivity contribution in [3.05, 3.63) is 34.2 Å². The number of rotatable bonds is 1. The van der Waals surface area contributed by atoms with Crippen LogP contribution >= 0.6 is 22.9 Å². The fourth-order valence-electron chi connectivity index (χ4n) is 1.74. The monoisotopic (exact) mass is 265 g/mol. The third-order valence-corrected chi connectivity index (χ3v) is 4.03. The zero-order valence-electron chi connectivity index (χ0n) is 8.90. The summed E-state index contributed by atoms with van der Waals surface area (Å²) < 4.78 is 5.20. The van der Waals surface area contributed by atoms with Gasteiger partial charge in [-0.25, -0.2) is 0 Å². The first-order valence-corrected chi connectivity index (χ1v) is 6.25. The summed E-state index contributed by atoms with van der Waals surface area (Å²) in [7, 11) is 0. The van der Waals surface area contributed by atoms with Gasteiger partial charge in [0.2, 0.25) is 0 Å². The molecule has 0 saturated carbocycles. The van der Waals surface area contributed by atoms with Crippen molar-refractivity contribution in [2.24, 2.45) is 0 Å². The highest BCUT2D eigenvalue weighted by atomic mass is 35.5. The van der Waals surface area contributed by atoms with Crippen LogP contribution in [0.15, 0.2) is 28.1 Å². The summed E-state index contributed by atoms with van der Waals surface area (Å²) in [6.07, 6.45) is 0. The first kappa shape index (κ1) is 10.6. The van der Waals surface area contributed by atoms with Crippen molar-refractivity contribution in [1.29, 1.82) is 0 Å². The van der Waals surface area contributed by atoms with Gasteiger partial charge in [0, 0.05) is 0 Å². The third-order valence-electron chi connectivity index (χ3n) is 2.64. The van der Waals surface area contributed by atoms with Crippen LogP contribution in [0.2, 0.25) is 5.02 Å². The Kier molecular flexibility index (Phi) is 2.34. The fourth-order valence-corrected chi connectivity index (χ4v) is 2.86. The van der Waals surface area contributed by atoms with Crippen molar-refractivity contribution >= 4 is 33.9 Å². The lowest BCUT2D eigenvalue weighted by molar-refractivity contribution is 0.451. The number of fused-ring (bicyclic) bond motifs is 1. The van der Waals surface area contributed by atoms with Crippen LogP contribution in [0.25, 0.3) is 21.5 Å². The van der Waals surface area contributed by atoms with E-state index in [2.05, 4.69) is 5.16 Å². The summed E-state index contributed by atoms with van der Waals surface area (Å²) in [6, 6.07) is 5.35. The highest BCUT2D eigenvalue weighted by molar-refractivity contribution is 7.13. The van der Waals surface area contributed by atoms with Gasteiger partial charge in [0.15, 0.2) is 5.58 Å². The Morgan fingerprint density at radius 2 is 2.18 bits per heavy atom. The molecule has 0 aliphatic rings. The first-order valence-electron chi connectivity index (χ1n) is 5.00. The van der Waals surface area contributed by atoms with E-state index in [0.29, 0.717) is 5.58 Å². The number of aryl methyl sites for hydroxylation is 1. The van der Waals surface area contributed by atoms with Gasteiger partial charge in [-0.3, -0.25) is 0 Å². The van der Waals surface area contributed by atoms with Gasteiger partial charge >= 0.3 is 0 Å². The second-order valence-corrected chi connectivity index (χ2v) is 5.03. The quantitative estimate of drug-likeness (QED) is 0.716. The zero-order valence-corrected chi connectivity index (χ0v) is 10.5. The lowest BCUT2D eigenvalue weighted by Gasteiger charge is -1.97. The largest absolute Gasteiger partial charge is 0.506 e. The summed E-state index contributed by atoms with van der Waals surface area (Å²) in [4.78, 5) is 1.06. The maximum atomic E-state index is 9.49. The molecule has 0 spiro atoms. The highest BCUT2D eigenvalue weighted by Crippen LogP contribution is 2.39. The molecule has 3 aromatic rings. The zero-order chi connectivity index (χ0) is 12.0. The average molecular weight is 266 g/mol. The number of thiophene rings is 1. The topological polar surface area (TPSA) is 46.3 Å². The molecule has 17 heavy (non-hydrogen) atoms. The molecule has 5 heteroatoms. The maximum absolute atomic E-state index is 9.49. The van der Waals surface area contributed by atoms with Gasteiger partial charge < -0.3 is 9.63 Å². The van der Waals surface area contributed by atoms with E-state index in [4.69, 9.17) is 16.1 Å². The Hall–Kier alpha value is -1.52. The number of halogens is 1. The van der Waals surface area contributed by atoms with Crippen LogP contribution in [0.3, 0.4) is 0 Å². The highest BCUT2D eigenvalue weighted by Gasteiger charge is 2.17. The molecule has 2 aromatic heterocycles. The van der Waals surface area contributed by atoms with E-state index in [9.17, 15) is 5.11 Å². The van der Waals surface area contributed by atoms with Gasteiger partial charge in [-0.1, -0.05) is 16.8 Å². The van der Waals surface area contributed by atoms with E-state index in [1.807, 2.05) is 18.4 Å². The van der Waals surface area contributed by atoms with E-state index in [1.165, 1.54) is 0 Å². The number of hydrogen-bond acceptors (Lipinski definition) is 4. The minimum Gasteiger partial charge on any atom is -0.506 e. The van der Waals surface area contributed by atoms with Crippen molar-refractivity contribution < 1.29 is 9.63 Å². The molecule has 0 bridgehead atoms. The number of phenols is 1. The van der Waals surface area contributed by atoms with Gasteiger partial charge in [0.05, 0.1) is 10.3 Å². The van der Waals surface area contributed by atoms with Gasteiger partial charge in [-0.05, 0) is 36.1 Å². The Morgan fingerprint density at radius 3 is 2.88 bits per heavy atom. The number of aromatic hydroxyl groups is 1. The van der Waals surface area contributed by atoms with Gasteiger partial charge in [-0.2, -0.15) is 0 Å². The molecule has 0 unspecified atom stereocenters. The number of benzene rings is 1. The Morgan fingerprint density at radius 1 is 1.35 bits per heavy atom. The Balaban J connectivity index is 2.33. The molecule has 1 aromatic carbocycles. The summed E-state index contributed by atoms with van der Waals surface area (Å²) in [6.45, 7) is 2.02. The number of hydrogen-bond donors (Lipinski definition) is 1. The smallest absolute Gasteiger partial charge is 0.189 e. The predicted octanol–water partition coefficient (Wildman–Crippen LogP) is 4.22. The van der Waals surface area contributed by atoms with E-state index < -0.39 is 0 Å². The minimum atomic E-state index is 0.00441. The van der Waals surface area contributed by atoms with Crippen LogP contribution in [0.1, 0.15) is 5.56 Å². The number of nitrogens with zero attached hydrogens (tertiary/aromatic N) is 1. The van der Waals surface area contributed by atoms with E-state index in [1.54, 1.807) is 23.5 Å². The van der Waals surface area contributed by atoms with E-state index in [-0.39, 0.29) is 10.8 Å². The van der Waals surface area contributed by atoms with Crippen LogP contribution in [0, 0.1) is 6.92 Å². The lowest BCUT2D eigenvalue weighted by atomic mass is 10.1. The van der Waals surface area contributed by atoms with Crippen LogP contribution in [-0.2, 0) is 0 Å². The van der Waals surface area contributed by atoms with Crippen LogP contribution in [-0.4, -0.2) is 10.3 Å². The van der Waals surface area contributed by atoms with Crippen molar-refractivity contribution in [3.8, 4) is 16.3 Å². The van der Waals surface area contributed by atoms with Crippen molar-refractivity contribution in [3.63, 3.8) is 0 Å². The maximum Gasteiger partial charge on any atom is 0.189 e. The van der Waals surface area contributed by atoms with E-state index in [0.717, 1.165) is 21.5 Å². The van der Waals surface area contributed by atoms with Gasteiger partial charge in [0.25, 0.3) is 0 Å². The minimum absolute atomic E-state index is 0.00441. The van der Waals surface area contributed by atoms with Gasteiger partial charge in [0.1, 0.15) is 16.5 Å². The average Bonchev–Trinajstić information content (AvgIpc) is 2.89. The molecule has 0 saturated heterocycles. The summed E-state index contributed by atoms with van der Waals surface area (Å²) in [5, 5.41) is 16.6. The summed E-state index contributed by atoms with van der Waals surface area (Å²) in [5.41, 5.74) is 2.35. The molecule has 0 amide bonds. The molecule has 0 aliphatic carbocycles. The van der Waals surface area contributed by atoms with Crippen molar-refractivity contribution in [2.45, 2.75) is 6.92 Å². The van der Waals surface area contributed by atoms with Crippen molar-refractivity contribution in [1.82, 2.24) is 5.16 Å². The molecule has 0 atom stereocenters. The molecule has 0 radical (unpaired) electrons.